The third-order valence-corrected chi connectivity index (χ3v) is 2.67. The number of unbranched alkanes of at least 4 members (excludes halogenated alkanes) is 1. The highest BCUT2D eigenvalue weighted by molar-refractivity contribution is 6.00. The van der Waals surface area contributed by atoms with Gasteiger partial charge in [-0.3, -0.25) is 10.1 Å². The number of anilines is 1. The van der Waals surface area contributed by atoms with Gasteiger partial charge >= 0.3 is 0 Å². The fourth-order valence-electron chi connectivity index (χ4n) is 1.90. The Kier molecular flexibility index (Phi) is 3.93. The first-order valence-corrected chi connectivity index (χ1v) is 5.58. The van der Waals surface area contributed by atoms with Crippen LogP contribution in [0.2, 0.25) is 0 Å². The summed E-state index contributed by atoms with van der Waals surface area (Å²) in [5.74, 6) is 1.02. The van der Waals surface area contributed by atoms with Gasteiger partial charge in [-0.15, -0.1) is 0 Å². The van der Waals surface area contributed by atoms with Gasteiger partial charge in [0.2, 0.25) is 0 Å². The fraction of sp³-hybridized carbons (Fsp3) is 0.636. The second kappa shape index (κ2) is 5.01. The van der Waals surface area contributed by atoms with Crippen molar-refractivity contribution in [3.05, 3.63) is 11.3 Å². The third-order valence-electron chi connectivity index (χ3n) is 2.67. The third kappa shape index (κ3) is 2.35. The minimum atomic E-state index is 0.0870. The van der Waals surface area contributed by atoms with Crippen LogP contribution in [-0.4, -0.2) is 29.2 Å². The van der Waals surface area contributed by atoms with Gasteiger partial charge in [-0.05, 0) is 13.3 Å². The molecule has 0 aliphatic carbocycles. The summed E-state index contributed by atoms with van der Waals surface area (Å²) in [5, 5.41) is 11.9. The van der Waals surface area contributed by atoms with Gasteiger partial charge in [-0.25, -0.2) is 0 Å². The molecule has 3 N–H and O–H groups in total. The molecule has 0 spiro atoms. The van der Waals surface area contributed by atoms with E-state index in [-0.39, 0.29) is 5.84 Å². The summed E-state index contributed by atoms with van der Waals surface area (Å²) in [6, 6.07) is 0. The summed E-state index contributed by atoms with van der Waals surface area (Å²) in [4.78, 5) is 2.11. The molecule has 1 rings (SSSR count). The van der Waals surface area contributed by atoms with Crippen LogP contribution < -0.4 is 10.6 Å². The van der Waals surface area contributed by atoms with Gasteiger partial charge in [0.15, 0.2) is 0 Å². The van der Waals surface area contributed by atoms with Crippen LogP contribution in [0.25, 0.3) is 0 Å². The van der Waals surface area contributed by atoms with Crippen molar-refractivity contribution in [2.75, 3.05) is 18.5 Å². The first-order chi connectivity index (χ1) is 7.49. The van der Waals surface area contributed by atoms with E-state index in [1.54, 1.807) is 4.68 Å². The number of amidine groups is 1. The van der Waals surface area contributed by atoms with E-state index in [4.69, 9.17) is 11.1 Å². The lowest BCUT2D eigenvalue weighted by Crippen LogP contribution is -2.25. The highest BCUT2D eigenvalue weighted by Gasteiger charge is 2.18. The minimum absolute atomic E-state index is 0.0870. The average Bonchev–Trinajstić information content (AvgIpc) is 2.50. The quantitative estimate of drug-likeness (QED) is 0.583. The van der Waals surface area contributed by atoms with Crippen molar-refractivity contribution in [3.63, 3.8) is 0 Å². The maximum atomic E-state index is 7.60. The number of nitrogens with zero attached hydrogens (tertiary/aromatic N) is 3. The maximum Gasteiger partial charge on any atom is 0.137 e. The highest BCUT2D eigenvalue weighted by Crippen LogP contribution is 2.21. The first kappa shape index (κ1) is 12.5. The van der Waals surface area contributed by atoms with Crippen LogP contribution in [0.5, 0.6) is 0 Å². The molecule has 0 aliphatic heterocycles. The van der Waals surface area contributed by atoms with Gasteiger partial charge in [-0.1, -0.05) is 13.3 Å². The predicted octanol–water partition coefficient (Wildman–Crippen LogP) is 1.25. The molecule has 0 atom stereocenters. The second-order valence-corrected chi connectivity index (χ2v) is 4.10. The van der Waals surface area contributed by atoms with E-state index in [0.717, 1.165) is 36.5 Å². The lowest BCUT2D eigenvalue weighted by atomic mass is 10.2. The molecule has 1 heterocycles. The van der Waals surface area contributed by atoms with E-state index in [1.165, 1.54) is 0 Å². The Hall–Kier alpha value is -1.52. The van der Waals surface area contributed by atoms with Gasteiger partial charge in [0.1, 0.15) is 11.7 Å². The molecule has 0 bridgehead atoms. The second-order valence-electron chi connectivity index (χ2n) is 4.10. The van der Waals surface area contributed by atoms with Crippen LogP contribution in [0.1, 0.15) is 31.0 Å². The maximum absolute atomic E-state index is 7.60. The molecule has 0 fully saturated rings. The van der Waals surface area contributed by atoms with Crippen molar-refractivity contribution in [3.8, 4) is 0 Å². The van der Waals surface area contributed by atoms with Crippen molar-refractivity contribution in [1.29, 1.82) is 5.41 Å². The van der Waals surface area contributed by atoms with Crippen LogP contribution >= 0.6 is 0 Å². The average molecular weight is 223 g/mol. The summed E-state index contributed by atoms with van der Waals surface area (Å²) < 4.78 is 1.79. The lowest BCUT2D eigenvalue weighted by molar-refractivity contribution is 0.702. The van der Waals surface area contributed by atoms with Crippen LogP contribution in [-0.2, 0) is 7.05 Å². The zero-order valence-electron chi connectivity index (χ0n) is 10.5. The summed E-state index contributed by atoms with van der Waals surface area (Å²) >= 11 is 0. The summed E-state index contributed by atoms with van der Waals surface area (Å²) in [5.41, 5.74) is 7.16. The molecule has 5 nitrogen and oxygen atoms in total. The summed E-state index contributed by atoms with van der Waals surface area (Å²) in [6.45, 7) is 5.00. The van der Waals surface area contributed by atoms with Crippen LogP contribution in [0.15, 0.2) is 0 Å². The summed E-state index contributed by atoms with van der Waals surface area (Å²) in [7, 11) is 3.90. The Bertz CT molecular complexity index is 380. The first-order valence-electron chi connectivity index (χ1n) is 5.58. The van der Waals surface area contributed by atoms with Crippen LogP contribution in [0.3, 0.4) is 0 Å². The molecule has 5 heteroatoms. The molecule has 0 aliphatic rings. The fourth-order valence-corrected chi connectivity index (χ4v) is 1.90. The van der Waals surface area contributed by atoms with Crippen molar-refractivity contribution in [1.82, 2.24) is 9.78 Å². The molecule has 1 aromatic rings. The molecule has 0 unspecified atom stereocenters. The molecule has 0 amide bonds. The molecule has 90 valence electrons. The number of nitrogens with one attached hydrogen (secondary N) is 1. The molecule has 1 aromatic heterocycles. The smallest absolute Gasteiger partial charge is 0.137 e. The van der Waals surface area contributed by atoms with E-state index in [0.29, 0.717) is 0 Å². The number of hydrogen-bond acceptors (Lipinski definition) is 3. The Morgan fingerprint density at radius 1 is 1.56 bits per heavy atom. The van der Waals surface area contributed by atoms with Gasteiger partial charge in [-0.2, -0.15) is 5.10 Å². The van der Waals surface area contributed by atoms with E-state index < -0.39 is 0 Å². The molecule has 0 saturated heterocycles. The van der Waals surface area contributed by atoms with E-state index in [2.05, 4.69) is 16.9 Å². The SMILES string of the molecule is CCCCN(C)c1c(C(=N)N)c(C)nn1C. The molecule has 0 aromatic carbocycles. The van der Waals surface area contributed by atoms with Crippen molar-refractivity contribution < 1.29 is 0 Å². The molecule has 0 saturated carbocycles. The Morgan fingerprint density at radius 3 is 2.69 bits per heavy atom. The van der Waals surface area contributed by atoms with Gasteiger partial charge < -0.3 is 10.6 Å². The number of aromatic nitrogens is 2. The predicted molar refractivity (Wildman–Crippen MR) is 67.1 cm³/mol. The van der Waals surface area contributed by atoms with Crippen molar-refractivity contribution in [2.45, 2.75) is 26.7 Å². The largest absolute Gasteiger partial charge is 0.384 e. The monoisotopic (exact) mass is 223 g/mol. The zero-order chi connectivity index (χ0) is 12.3. The van der Waals surface area contributed by atoms with Gasteiger partial charge in [0.25, 0.3) is 0 Å². The Morgan fingerprint density at radius 2 is 2.19 bits per heavy atom. The molecule has 0 radical (unpaired) electrons. The molecular weight excluding hydrogens is 202 g/mol. The standard InChI is InChI=1S/C11H21N5/c1-5-6-7-15(3)11-9(10(12)13)8(2)14-16(11)4/h5-7H2,1-4H3,(H3,12,13). The number of nitrogen functional groups attached to an aromatic ring is 1. The molecular formula is C11H21N5. The lowest BCUT2D eigenvalue weighted by Gasteiger charge is -2.20. The van der Waals surface area contributed by atoms with Gasteiger partial charge in [0.05, 0.1) is 11.3 Å². The van der Waals surface area contributed by atoms with E-state index in [9.17, 15) is 0 Å². The Labute approximate surface area is 96.7 Å². The summed E-state index contributed by atoms with van der Waals surface area (Å²) in [6.07, 6.45) is 2.27. The Balaban J connectivity index is 3.06. The van der Waals surface area contributed by atoms with E-state index in [1.807, 2.05) is 21.0 Å². The van der Waals surface area contributed by atoms with Crippen LogP contribution in [0.4, 0.5) is 5.82 Å². The van der Waals surface area contributed by atoms with E-state index >= 15 is 0 Å². The molecule has 16 heavy (non-hydrogen) atoms. The number of rotatable bonds is 5. The van der Waals surface area contributed by atoms with Crippen LogP contribution in [0, 0.1) is 12.3 Å². The van der Waals surface area contributed by atoms with Crippen molar-refractivity contribution in [2.24, 2.45) is 12.8 Å². The minimum Gasteiger partial charge on any atom is -0.384 e. The number of nitrogens with two attached hydrogens (primary N) is 1. The number of aryl methyl sites for hydroxylation is 2. The highest BCUT2D eigenvalue weighted by atomic mass is 15.4. The number of hydrogen-bond donors (Lipinski definition) is 2. The zero-order valence-corrected chi connectivity index (χ0v) is 10.5. The van der Waals surface area contributed by atoms with Gasteiger partial charge in [0, 0.05) is 20.6 Å². The topological polar surface area (TPSA) is 70.9 Å². The van der Waals surface area contributed by atoms with Crippen molar-refractivity contribution >= 4 is 11.7 Å². The normalized spacial score (nSPS) is 10.5.